The van der Waals surface area contributed by atoms with Crippen molar-refractivity contribution in [3.63, 3.8) is 0 Å². The minimum Gasteiger partial charge on any atom is -0.312 e. The maximum absolute atomic E-state index is 11.6. The van der Waals surface area contributed by atoms with E-state index in [1.54, 1.807) is 12.3 Å². The van der Waals surface area contributed by atoms with Crippen LogP contribution in [0.15, 0.2) is 39.2 Å². The molecule has 21 heavy (non-hydrogen) atoms. The normalized spacial score (nSPS) is 12.3. The Labute approximate surface area is 128 Å². The van der Waals surface area contributed by atoms with Gasteiger partial charge in [0.05, 0.1) is 5.69 Å². The number of nitrogens with zero attached hydrogens (tertiary/aromatic N) is 2. The van der Waals surface area contributed by atoms with Gasteiger partial charge in [0.2, 0.25) is 0 Å². The summed E-state index contributed by atoms with van der Waals surface area (Å²) in [4.78, 5) is 24.2. The minimum atomic E-state index is -0.107. The predicted molar refractivity (Wildman–Crippen MR) is 84.7 cm³/mol. The van der Waals surface area contributed by atoms with Gasteiger partial charge in [0.25, 0.3) is 5.56 Å². The molecular weight excluding hydrogens is 284 g/mol. The SMILES string of the molecule is CCCc1cc(=O)[nH]c(Sc2ccc(C(C)NC)nc2)n1. The molecule has 0 aromatic carbocycles. The van der Waals surface area contributed by atoms with Gasteiger partial charge in [0.1, 0.15) is 0 Å². The monoisotopic (exact) mass is 304 g/mol. The molecule has 2 aromatic rings. The fraction of sp³-hybridized carbons (Fsp3) is 0.400. The lowest BCUT2D eigenvalue weighted by molar-refractivity contribution is 0.631. The smallest absolute Gasteiger partial charge is 0.251 e. The lowest BCUT2D eigenvalue weighted by Crippen LogP contribution is -2.13. The third kappa shape index (κ3) is 4.41. The summed E-state index contributed by atoms with van der Waals surface area (Å²) in [7, 11) is 1.91. The number of rotatable bonds is 6. The van der Waals surface area contributed by atoms with Crippen LogP contribution in [0.5, 0.6) is 0 Å². The molecule has 2 aromatic heterocycles. The van der Waals surface area contributed by atoms with E-state index in [1.165, 1.54) is 11.8 Å². The molecule has 2 heterocycles. The van der Waals surface area contributed by atoms with E-state index >= 15 is 0 Å². The van der Waals surface area contributed by atoms with Gasteiger partial charge in [0, 0.05) is 28.9 Å². The summed E-state index contributed by atoms with van der Waals surface area (Å²) in [5.74, 6) is 0. The van der Waals surface area contributed by atoms with Crippen molar-refractivity contribution in [2.75, 3.05) is 7.05 Å². The molecule has 0 aliphatic heterocycles. The van der Waals surface area contributed by atoms with Crippen molar-refractivity contribution in [1.82, 2.24) is 20.3 Å². The number of H-pyrrole nitrogens is 1. The van der Waals surface area contributed by atoms with Gasteiger partial charge in [-0.25, -0.2) is 4.98 Å². The molecule has 0 aliphatic rings. The number of aryl methyl sites for hydroxylation is 1. The van der Waals surface area contributed by atoms with E-state index in [4.69, 9.17) is 0 Å². The summed E-state index contributed by atoms with van der Waals surface area (Å²) >= 11 is 1.42. The molecule has 0 saturated heterocycles. The number of aromatic nitrogens is 3. The van der Waals surface area contributed by atoms with Crippen LogP contribution in [0.4, 0.5) is 0 Å². The first-order chi connectivity index (χ1) is 10.1. The summed E-state index contributed by atoms with van der Waals surface area (Å²) in [6.45, 7) is 4.13. The second kappa shape index (κ2) is 7.38. The summed E-state index contributed by atoms with van der Waals surface area (Å²) < 4.78 is 0. The van der Waals surface area contributed by atoms with Crippen molar-refractivity contribution >= 4 is 11.8 Å². The number of pyridine rings is 1. The maximum Gasteiger partial charge on any atom is 0.251 e. The first-order valence-electron chi connectivity index (χ1n) is 7.03. The van der Waals surface area contributed by atoms with Gasteiger partial charge in [-0.15, -0.1) is 0 Å². The largest absolute Gasteiger partial charge is 0.312 e. The molecule has 2 rings (SSSR count). The Morgan fingerprint density at radius 3 is 2.86 bits per heavy atom. The summed E-state index contributed by atoms with van der Waals surface area (Å²) in [5.41, 5.74) is 1.71. The van der Waals surface area contributed by atoms with E-state index in [2.05, 4.69) is 34.1 Å². The number of hydrogen-bond acceptors (Lipinski definition) is 5. The second-order valence-electron chi connectivity index (χ2n) is 4.82. The zero-order chi connectivity index (χ0) is 15.2. The Morgan fingerprint density at radius 1 is 1.43 bits per heavy atom. The van der Waals surface area contributed by atoms with Crippen molar-refractivity contribution in [2.45, 2.75) is 42.8 Å². The van der Waals surface area contributed by atoms with Crippen LogP contribution in [0.3, 0.4) is 0 Å². The van der Waals surface area contributed by atoms with Crippen LogP contribution in [0.25, 0.3) is 0 Å². The zero-order valence-electron chi connectivity index (χ0n) is 12.5. The Balaban J connectivity index is 2.16. The van der Waals surface area contributed by atoms with E-state index < -0.39 is 0 Å². The quantitative estimate of drug-likeness (QED) is 0.803. The second-order valence-corrected chi connectivity index (χ2v) is 5.89. The highest BCUT2D eigenvalue weighted by molar-refractivity contribution is 7.99. The maximum atomic E-state index is 11.6. The third-order valence-corrected chi connectivity index (χ3v) is 3.99. The van der Waals surface area contributed by atoms with Crippen LogP contribution in [0.1, 0.15) is 37.7 Å². The lowest BCUT2D eigenvalue weighted by atomic mass is 10.2. The lowest BCUT2D eigenvalue weighted by Gasteiger charge is -2.09. The van der Waals surface area contributed by atoms with Gasteiger partial charge in [0.15, 0.2) is 5.16 Å². The molecule has 2 N–H and O–H groups in total. The summed E-state index contributed by atoms with van der Waals surface area (Å²) in [5, 5.41) is 3.76. The average molecular weight is 304 g/mol. The zero-order valence-corrected chi connectivity index (χ0v) is 13.3. The molecule has 0 bridgehead atoms. The van der Waals surface area contributed by atoms with E-state index in [1.807, 2.05) is 19.2 Å². The number of nitrogens with one attached hydrogen (secondary N) is 2. The number of aromatic amines is 1. The van der Waals surface area contributed by atoms with Crippen molar-refractivity contribution in [1.29, 1.82) is 0 Å². The molecule has 5 nitrogen and oxygen atoms in total. The first kappa shape index (κ1) is 15.7. The van der Waals surface area contributed by atoms with E-state index in [-0.39, 0.29) is 11.6 Å². The third-order valence-electron chi connectivity index (χ3n) is 3.13. The molecule has 0 aliphatic carbocycles. The molecule has 112 valence electrons. The molecule has 0 amide bonds. The highest BCUT2D eigenvalue weighted by Gasteiger charge is 2.06. The Kier molecular flexibility index (Phi) is 5.52. The van der Waals surface area contributed by atoms with Crippen LogP contribution >= 0.6 is 11.8 Å². The van der Waals surface area contributed by atoms with Crippen molar-refractivity contribution in [3.05, 3.63) is 46.1 Å². The van der Waals surface area contributed by atoms with Crippen LogP contribution in [0.2, 0.25) is 0 Å². The van der Waals surface area contributed by atoms with Crippen LogP contribution in [-0.4, -0.2) is 22.0 Å². The van der Waals surface area contributed by atoms with Gasteiger partial charge in [-0.2, -0.15) is 0 Å². The van der Waals surface area contributed by atoms with E-state index in [0.29, 0.717) is 5.16 Å². The predicted octanol–water partition coefficient (Wildman–Crippen LogP) is 2.55. The van der Waals surface area contributed by atoms with Crippen LogP contribution in [0, 0.1) is 0 Å². The standard InChI is InChI=1S/C15H20N4OS/c1-4-5-11-8-14(20)19-15(18-11)21-12-6-7-13(17-9-12)10(2)16-3/h6-10,16H,4-5H2,1-3H3,(H,18,19,20). The molecule has 1 unspecified atom stereocenters. The summed E-state index contributed by atoms with van der Waals surface area (Å²) in [6, 6.07) is 5.75. The molecule has 0 saturated carbocycles. The fourth-order valence-corrected chi connectivity index (χ4v) is 2.66. The minimum absolute atomic E-state index is 0.107. The fourth-order valence-electron chi connectivity index (χ4n) is 1.88. The Morgan fingerprint density at radius 2 is 2.24 bits per heavy atom. The highest BCUT2D eigenvalue weighted by atomic mass is 32.2. The highest BCUT2D eigenvalue weighted by Crippen LogP contribution is 2.24. The Hall–Kier alpha value is -1.66. The summed E-state index contributed by atoms with van der Waals surface area (Å²) in [6.07, 6.45) is 3.59. The first-order valence-corrected chi connectivity index (χ1v) is 7.85. The molecule has 0 spiro atoms. The van der Waals surface area contributed by atoms with Gasteiger partial charge in [-0.3, -0.25) is 9.78 Å². The molecule has 0 fully saturated rings. The van der Waals surface area contributed by atoms with Crippen molar-refractivity contribution < 1.29 is 0 Å². The molecule has 0 radical (unpaired) electrons. The van der Waals surface area contributed by atoms with Gasteiger partial charge < -0.3 is 10.3 Å². The van der Waals surface area contributed by atoms with Crippen molar-refractivity contribution in [3.8, 4) is 0 Å². The van der Waals surface area contributed by atoms with Gasteiger partial charge >= 0.3 is 0 Å². The van der Waals surface area contributed by atoms with Crippen LogP contribution < -0.4 is 10.9 Å². The molecule has 6 heteroatoms. The van der Waals surface area contributed by atoms with Gasteiger partial charge in [-0.1, -0.05) is 25.1 Å². The topological polar surface area (TPSA) is 70.7 Å². The Bertz CT molecular complexity index is 639. The molecule has 1 atom stereocenters. The van der Waals surface area contributed by atoms with Crippen molar-refractivity contribution in [2.24, 2.45) is 0 Å². The van der Waals surface area contributed by atoms with Gasteiger partial charge in [-0.05, 0) is 32.5 Å². The van der Waals surface area contributed by atoms with Crippen LogP contribution in [-0.2, 0) is 6.42 Å². The average Bonchev–Trinajstić information content (AvgIpc) is 2.47. The van der Waals surface area contributed by atoms with E-state index in [0.717, 1.165) is 29.1 Å². The molecular formula is C15H20N4OS. The van der Waals surface area contributed by atoms with E-state index in [9.17, 15) is 4.79 Å². The number of hydrogen-bond donors (Lipinski definition) is 2.